The first kappa shape index (κ1) is 20.3. The summed E-state index contributed by atoms with van der Waals surface area (Å²) in [5, 5.41) is 7.07. The second kappa shape index (κ2) is 9.64. The van der Waals surface area contributed by atoms with Crippen LogP contribution in [0.5, 0.6) is 0 Å². The van der Waals surface area contributed by atoms with Crippen molar-refractivity contribution in [3.05, 3.63) is 74.1 Å². The number of quaternary nitrogens is 1. The largest absolute Gasteiger partial charge is 0.465 e. The van der Waals surface area contributed by atoms with Gasteiger partial charge < -0.3 is 15.0 Å². The molecule has 5 nitrogen and oxygen atoms in total. The number of methoxy groups -OCH3 is 1. The number of hydrogen-bond acceptors (Lipinski definition) is 5. The number of amides is 1. The zero-order valence-corrected chi connectivity index (χ0v) is 17.5. The maximum Gasteiger partial charge on any atom is 0.337 e. The van der Waals surface area contributed by atoms with E-state index in [9.17, 15) is 9.59 Å². The molecule has 0 saturated heterocycles. The van der Waals surface area contributed by atoms with E-state index in [4.69, 9.17) is 4.74 Å². The van der Waals surface area contributed by atoms with Crippen molar-refractivity contribution in [1.82, 2.24) is 0 Å². The van der Waals surface area contributed by atoms with Crippen LogP contribution in [0.15, 0.2) is 53.2 Å². The molecule has 0 bridgehead atoms. The van der Waals surface area contributed by atoms with E-state index in [2.05, 4.69) is 28.2 Å². The number of aryl methyl sites for hydroxylation is 1. The number of anilines is 1. The quantitative estimate of drug-likeness (QED) is 0.556. The van der Waals surface area contributed by atoms with Gasteiger partial charge in [0.25, 0.3) is 5.91 Å². The van der Waals surface area contributed by atoms with Gasteiger partial charge in [-0.1, -0.05) is 18.2 Å². The molecular weight excluding hydrogens is 392 g/mol. The molecule has 0 saturated carbocycles. The average molecular weight is 416 g/mol. The molecule has 1 aromatic carbocycles. The normalized spacial score (nSPS) is 10.8. The number of hydrogen-bond donors (Lipinski definition) is 2. The Kier molecular flexibility index (Phi) is 6.97. The number of carbonyl (C=O) groups is 2. The van der Waals surface area contributed by atoms with E-state index in [-0.39, 0.29) is 5.91 Å². The van der Waals surface area contributed by atoms with Crippen molar-refractivity contribution in [2.75, 3.05) is 19.0 Å². The molecule has 0 aliphatic rings. The third kappa shape index (κ3) is 5.51. The fourth-order valence-electron chi connectivity index (χ4n) is 2.93. The summed E-state index contributed by atoms with van der Waals surface area (Å²) >= 11 is 3.41. The minimum atomic E-state index is -0.418. The second-order valence-corrected chi connectivity index (χ2v) is 8.57. The van der Waals surface area contributed by atoms with Crippen molar-refractivity contribution in [3.8, 4) is 0 Å². The van der Waals surface area contributed by atoms with Gasteiger partial charge in [0.05, 0.1) is 22.4 Å². The third-order valence-corrected chi connectivity index (χ3v) is 6.10. The Morgan fingerprint density at radius 1 is 1.04 bits per heavy atom. The van der Waals surface area contributed by atoms with Gasteiger partial charge in [0.15, 0.2) is 6.54 Å². The van der Waals surface area contributed by atoms with Crippen LogP contribution in [0.1, 0.15) is 25.7 Å². The molecule has 2 heterocycles. The van der Waals surface area contributed by atoms with Gasteiger partial charge in [0, 0.05) is 5.69 Å². The Morgan fingerprint density at radius 2 is 1.68 bits per heavy atom. The van der Waals surface area contributed by atoms with Gasteiger partial charge in [0.1, 0.15) is 13.1 Å². The molecule has 0 aliphatic carbocycles. The van der Waals surface area contributed by atoms with Crippen molar-refractivity contribution in [1.29, 1.82) is 0 Å². The van der Waals surface area contributed by atoms with Crippen molar-refractivity contribution in [3.63, 3.8) is 0 Å². The smallest absolute Gasteiger partial charge is 0.337 e. The molecule has 0 spiro atoms. The molecule has 0 unspecified atom stereocenters. The van der Waals surface area contributed by atoms with Gasteiger partial charge in [-0.25, -0.2) is 4.79 Å². The molecular formula is C21H23N2O3S2+. The lowest BCUT2D eigenvalue weighted by molar-refractivity contribution is -0.918. The predicted molar refractivity (Wildman–Crippen MR) is 113 cm³/mol. The fraction of sp³-hybridized carbons (Fsp3) is 0.238. The Bertz CT molecular complexity index is 885. The molecule has 28 heavy (non-hydrogen) atoms. The average Bonchev–Trinajstić information content (AvgIpc) is 3.37. The highest BCUT2D eigenvalue weighted by molar-refractivity contribution is 7.10. The van der Waals surface area contributed by atoms with Gasteiger partial charge in [-0.2, -0.15) is 0 Å². The molecule has 3 aromatic rings. The third-order valence-electron chi connectivity index (χ3n) is 4.35. The summed E-state index contributed by atoms with van der Waals surface area (Å²) in [5.74, 6) is -0.494. The van der Waals surface area contributed by atoms with Crippen molar-refractivity contribution < 1.29 is 19.2 Å². The van der Waals surface area contributed by atoms with Crippen molar-refractivity contribution in [2.24, 2.45) is 0 Å². The van der Waals surface area contributed by atoms with E-state index in [0.717, 1.165) is 18.7 Å². The lowest BCUT2D eigenvalue weighted by Crippen LogP contribution is -3.10. The monoisotopic (exact) mass is 415 g/mol. The molecule has 1 amide bonds. The topological polar surface area (TPSA) is 59.8 Å². The van der Waals surface area contributed by atoms with Crippen LogP contribution in [0.3, 0.4) is 0 Å². The summed E-state index contributed by atoms with van der Waals surface area (Å²) in [6.45, 7) is 3.84. The molecule has 3 rings (SSSR count). The summed E-state index contributed by atoms with van der Waals surface area (Å²) in [6, 6.07) is 13.4. The number of nitrogens with one attached hydrogen (secondary N) is 2. The predicted octanol–water partition coefficient (Wildman–Crippen LogP) is 3.13. The first-order valence-corrected chi connectivity index (χ1v) is 10.7. The summed E-state index contributed by atoms with van der Waals surface area (Å²) < 4.78 is 4.76. The molecule has 2 aromatic heterocycles. The standard InChI is InChI=1S/C21H22N2O3S2/c1-15-7-8-16(21(25)26-2)11-19(15)22-20(24)14-23(12-17-5-3-9-27-17)13-18-6-4-10-28-18/h3-11H,12-14H2,1-2H3,(H,22,24)/p+1. The maximum atomic E-state index is 12.7. The Morgan fingerprint density at radius 3 is 2.21 bits per heavy atom. The Hall–Kier alpha value is -2.48. The van der Waals surface area contributed by atoms with Gasteiger partial charge >= 0.3 is 5.97 Å². The highest BCUT2D eigenvalue weighted by atomic mass is 32.1. The van der Waals surface area contributed by atoms with Gasteiger partial charge in [-0.15, -0.1) is 22.7 Å². The lowest BCUT2D eigenvalue weighted by Gasteiger charge is -2.18. The molecule has 0 atom stereocenters. The number of carbonyl (C=O) groups excluding carboxylic acids is 2. The highest BCUT2D eigenvalue weighted by Gasteiger charge is 2.18. The molecule has 146 valence electrons. The highest BCUT2D eigenvalue weighted by Crippen LogP contribution is 2.17. The number of ether oxygens (including phenoxy) is 1. The zero-order valence-electron chi connectivity index (χ0n) is 15.9. The lowest BCUT2D eigenvalue weighted by atomic mass is 10.1. The number of rotatable bonds is 8. The van der Waals surface area contributed by atoms with Crippen LogP contribution in [-0.4, -0.2) is 25.5 Å². The minimum Gasteiger partial charge on any atom is -0.465 e. The van der Waals surface area contributed by atoms with Gasteiger partial charge in [0.2, 0.25) is 0 Å². The van der Waals surface area contributed by atoms with Gasteiger partial charge in [-0.3, -0.25) is 4.79 Å². The summed E-state index contributed by atoms with van der Waals surface area (Å²) in [4.78, 5) is 28.2. The van der Waals surface area contributed by atoms with Crippen LogP contribution >= 0.6 is 22.7 Å². The van der Waals surface area contributed by atoms with E-state index in [1.54, 1.807) is 34.8 Å². The molecule has 0 radical (unpaired) electrons. The fourth-order valence-corrected chi connectivity index (χ4v) is 4.48. The van der Waals surface area contributed by atoms with Crippen molar-refractivity contribution in [2.45, 2.75) is 20.0 Å². The van der Waals surface area contributed by atoms with Crippen LogP contribution in [0, 0.1) is 6.92 Å². The Balaban J connectivity index is 1.70. The Labute approximate surface area is 172 Å². The summed E-state index contributed by atoms with van der Waals surface area (Å²) in [7, 11) is 1.34. The first-order chi connectivity index (χ1) is 13.5. The van der Waals surface area contributed by atoms with E-state index in [1.807, 2.05) is 25.1 Å². The van der Waals surface area contributed by atoms with Crippen molar-refractivity contribution >= 4 is 40.2 Å². The van der Waals surface area contributed by atoms with Crippen LogP contribution in [0.4, 0.5) is 5.69 Å². The van der Waals surface area contributed by atoms with Crippen LogP contribution in [0.25, 0.3) is 0 Å². The van der Waals surface area contributed by atoms with E-state index >= 15 is 0 Å². The maximum absolute atomic E-state index is 12.7. The van der Waals surface area contributed by atoms with E-state index < -0.39 is 5.97 Å². The molecule has 7 heteroatoms. The summed E-state index contributed by atoms with van der Waals surface area (Å²) in [6.07, 6.45) is 0. The summed E-state index contributed by atoms with van der Waals surface area (Å²) in [5.41, 5.74) is 1.96. The molecule has 2 N–H and O–H groups in total. The van der Waals surface area contributed by atoms with E-state index in [0.29, 0.717) is 17.8 Å². The zero-order chi connectivity index (χ0) is 19.9. The second-order valence-electron chi connectivity index (χ2n) is 6.51. The van der Waals surface area contributed by atoms with Crippen LogP contribution < -0.4 is 10.2 Å². The van der Waals surface area contributed by atoms with Crippen LogP contribution in [-0.2, 0) is 22.6 Å². The number of esters is 1. The minimum absolute atomic E-state index is 0.0757. The first-order valence-electron chi connectivity index (χ1n) is 8.92. The molecule has 0 fully saturated rings. The number of thiophene rings is 2. The number of benzene rings is 1. The van der Waals surface area contributed by atoms with Crippen LogP contribution in [0.2, 0.25) is 0 Å². The SMILES string of the molecule is COC(=O)c1ccc(C)c(NC(=O)C[NH+](Cc2cccs2)Cc2cccs2)c1. The molecule has 0 aliphatic heterocycles. The van der Waals surface area contributed by atoms with Gasteiger partial charge in [-0.05, 0) is 47.5 Å². The van der Waals surface area contributed by atoms with E-state index in [1.165, 1.54) is 21.8 Å².